The molecule has 0 unspecified atom stereocenters. The molecule has 0 saturated carbocycles. The molecule has 2 amide bonds. The molecular weight excluding hydrogens is 352 g/mol. The maximum Gasteiger partial charge on any atom is 0.317 e. The Morgan fingerprint density at radius 1 is 1.21 bits per heavy atom. The summed E-state index contributed by atoms with van der Waals surface area (Å²) >= 11 is 0. The molecule has 1 aromatic heterocycles. The minimum absolute atomic E-state index is 0.0293. The highest BCUT2D eigenvalue weighted by Crippen LogP contribution is 2.22. The summed E-state index contributed by atoms with van der Waals surface area (Å²) in [6.45, 7) is 7.58. The molecule has 0 atom stereocenters. The number of hydrogen-bond donors (Lipinski definition) is 1. The zero-order valence-corrected chi connectivity index (χ0v) is 17.3. The predicted octanol–water partition coefficient (Wildman–Crippen LogP) is 3.31. The summed E-state index contributed by atoms with van der Waals surface area (Å²) in [7, 11) is 1.69. The SMILES string of the molecule is COCCn1nc(C)c(CNC(=O)N2CCC(Cc3ccccc3)CC2)c1C. The first-order valence-electron chi connectivity index (χ1n) is 10.2. The third-order valence-electron chi connectivity index (χ3n) is 5.72. The molecule has 6 nitrogen and oxygen atoms in total. The van der Waals surface area contributed by atoms with Gasteiger partial charge in [0.1, 0.15) is 0 Å². The monoisotopic (exact) mass is 384 g/mol. The number of nitrogens with one attached hydrogen (secondary N) is 1. The standard InChI is InChI=1S/C22H32N4O2/c1-17-21(18(2)26(24-17)13-14-28-3)16-23-22(27)25-11-9-20(10-12-25)15-19-7-5-4-6-8-19/h4-8,20H,9-16H2,1-3H3,(H,23,27). The Labute approximate surface area is 167 Å². The zero-order chi connectivity index (χ0) is 19.9. The first-order valence-corrected chi connectivity index (χ1v) is 10.2. The van der Waals surface area contributed by atoms with Crippen LogP contribution in [0.15, 0.2) is 30.3 Å². The number of piperidine rings is 1. The van der Waals surface area contributed by atoms with Crippen LogP contribution in [-0.2, 0) is 24.2 Å². The van der Waals surface area contributed by atoms with Crippen molar-refractivity contribution in [3.63, 3.8) is 0 Å². The fourth-order valence-electron chi connectivity index (χ4n) is 3.95. The van der Waals surface area contributed by atoms with Crippen LogP contribution in [0, 0.1) is 19.8 Å². The Kier molecular flexibility index (Phi) is 7.09. The number of benzene rings is 1. The molecule has 0 spiro atoms. The van der Waals surface area contributed by atoms with Crippen molar-refractivity contribution < 1.29 is 9.53 Å². The van der Waals surface area contributed by atoms with E-state index in [1.165, 1.54) is 5.56 Å². The molecule has 28 heavy (non-hydrogen) atoms. The number of hydrogen-bond acceptors (Lipinski definition) is 3. The Hall–Kier alpha value is -2.34. The van der Waals surface area contributed by atoms with Gasteiger partial charge in [-0.15, -0.1) is 0 Å². The normalized spacial score (nSPS) is 15.0. The highest BCUT2D eigenvalue weighted by atomic mass is 16.5. The molecule has 3 rings (SSSR count). The van der Waals surface area contributed by atoms with E-state index in [-0.39, 0.29) is 6.03 Å². The van der Waals surface area contributed by atoms with Gasteiger partial charge in [-0.2, -0.15) is 5.10 Å². The summed E-state index contributed by atoms with van der Waals surface area (Å²) < 4.78 is 7.09. The summed E-state index contributed by atoms with van der Waals surface area (Å²) in [6, 6.07) is 10.7. The van der Waals surface area contributed by atoms with E-state index in [1.54, 1.807) is 7.11 Å². The first-order chi connectivity index (χ1) is 13.6. The molecule has 152 valence electrons. The van der Waals surface area contributed by atoms with Gasteiger partial charge in [-0.3, -0.25) is 4.68 Å². The molecule has 1 aliphatic heterocycles. The van der Waals surface area contributed by atoms with Crippen LogP contribution in [0.4, 0.5) is 4.79 Å². The van der Waals surface area contributed by atoms with Gasteiger partial charge in [-0.05, 0) is 44.6 Å². The maximum absolute atomic E-state index is 12.6. The van der Waals surface area contributed by atoms with Gasteiger partial charge in [0.05, 0.1) is 18.8 Å². The van der Waals surface area contributed by atoms with Gasteiger partial charge in [0.2, 0.25) is 0 Å². The lowest BCUT2D eigenvalue weighted by Gasteiger charge is -2.32. The molecule has 2 aromatic rings. The van der Waals surface area contributed by atoms with Crippen molar-refractivity contribution in [1.82, 2.24) is 20.0 Å². The molecule has 1 N–H and O–H groups in total. The van der Waals surface area contributed by atoms with E-state index in [2.05, 4.69) is 40.7 Å². The van der Waals surface area contributed by atoms with Gasteiger partial charge >= 0.3 is 6.03 Å². The molecule has 0 bridgehead atoms. The molecule has 0 radical (unpaired) electrons. The van der Waals surface area contributed by atoms with Crippen molar-refractivity contribution in [3.05, 3.63) is 52.8 Å². The Balaban J connectivity index is 1.47. The second-order valence-corrected chi connectivity index (χ2v) is 7.64. The smallest absolute Gasteiger partial charge is 0.317 e. The fourth-order valence-corrected chi connectivity index (χ4v) is 3.95. The summed E-state index contributed by atoms with van der Waals surface area (Å²) in [5.41, 5.74) is 4.55. The summed E-state index contributed by atoms with van der Waals surface area (Å²) in [6.07, 6.45) is 3.24. The van der Waals surface area contributed by atoms with Gasteiger partial charge in [-0.1, -0.05) is 30.3 Å². The number of urea groups is 1. The third kappa shape index (κ3) is 5.13. The molecule has 2 heterocycles. The van der Waals surface area contributed by atoms with Crippen molar-refractivity contribution >= 4 is 6.03 Å². The maximum atomic E-state index is 12.6. The van der Waals surface area contributed by atoms with Gasteiger partial charge < -0.3 is 15.0 Å². The van der Waals surface area contributed by atoms with Crippen LogP contribution in [0.2, 0.25) is 0 Å². The number of carbonyl (C=O) groups excluding carboxylic acids is 1. The molecule has 1 aliphatic rings. The highest BCUT2D eigenvalue weighted by molar-refractivity contribution is 5.74. The number of ether oxygens (including phenoxy) is 1. The molecule has 6 heteroatoms. The number of methoxy groups -OCH3 is 1. The second-order valence-electron chi connectivity index (χ2n) is 7.64. The molecule has 1 fully saturated rings. The average molecular weight is 385 g/mol. The van der Waals surface area contributed by atoms with Crippen LogP contribution in [0.5, 0.6) is 0 Å². The Morgan fingerprint density at radius 2 is 1.93 bits per heavy atom. The van der Waals surface area contributed by atoms with Crippen LogP contribution < -0.4 is 5.32 Å². The van der Waals surface area contributed by atoms with Crippen LogP contribution in [-0.4, -0.2) is 47.5 Å². The number of nitrogens with zero attached hydrogens (tertiary/aromatic N) is 3. The second kappa shape index (κ2) is 9.73. The van der Waals surface area contributed by atoms with Gasteiger partial charge in [0, 0.05) is 38.0 Å². The van der Waals surface area contributed by atoms with Crippen molar-refractivity contribution in [2.24, 2.45) is 5.92 Å². The van der Waals surface area contributed by atoms with Crippen LogP contribution in [0.1, 0.15) is 35.4 Å². The van der Waals surface area contributed by atoms with Gasteiger partial charge in [0.25, 0.3) is 0 Å². The van der Waals surface area contributed by atoms with E-state index >= 15 is 0 Å². The number of aryl methyl sites for hydroxylation is 1. The Morgan fingerprint density at radius 3 is 2.61 bits per heavy atom. The minimum atomic E-state index is 0.0293. The van der Waals surface area contributed by atoms with Crippen molar-refractivity contribution in [3.8, 4) is 0 Å². The van der Waals surface area contributed by atoms with E-state index in [0.29, 0.717) is 19.1 Å². The largest absolute Gasteiger partial charge is 0.383 e. The van der Waals surface area contributed by atoms with E-state index < -0.39 is 0 Å². The minimum Gasteiger partial charge on any atom is -0.383 e. The molecular formula is C22H32N4O2. The topological polar surface area (TPSA) is 59.4 Å². The number of likely N-dealkylation sites (tertiary alicyclic amines) is 1. The van der Waals surface area contributed by atoms with Crippen molar-refractivity contribution in [1.29, 1.82) is 0 Å². The third-order valence-corrected chi connectivity index (χ3v) is 5.72. The number of rotatable bonds is 7. The molecule has 1 saturated heterocycles. The summed E-state index contributed by atoms with van der Waals surface area (Å²) in [5.74, 6) is 0.662. The summed E-state index contributed by atoms with van der Waals surface area (Å²) in [5, 5.41) is 7.65. The van der Waals surface area contributed by atoms with Crippen molar-refractivity contribution in [2.75, 3.05) is 26.8 Å². The lowest BCUT2D eigenvalue weighted by molar-refractivity contribution is 0.170. The van der Waals surface area contributed by atoms with Gasteiger partial charge in [0.15, 0.2) is 0 Å². The molecule has 0 aliphatic carbocycles. The Bertz CT molecular complexity index is 764. The lowest BCUT2D eigenvalue weighted by atomic mass is 9.90. The van der Waals surface area contributed by atoms with E-state index in [4.69, 9.17) is 4.74 Å². The molecule has 1 aromatic carbocycles. The highest BCUT2D eigenvalue weighted by Gasteiger charge is 2.23. The van der Waals surface area contributed by atoms with Gasteiger partial charge in [-0.25, -0.2) is 4.79 Å². The number of aromatic nitrogens is 2. The fraction of sp³-hybridized carbons (Fsp3) is 0.545. The zero-order valence-electron chi connectivity index (χ0n) is 17.3. The van der Waals surface area contributed by atoms with E-state index in [9.17, 15) is 4.79 Å². The van der Waals surface area contributed by atoms with Crippen molar-refractivity contribution in [2.45, 2.75) is 46.2 Å². The average Bonchev–Trinajstić information content (AvgIpc) is 2.98. The quantitative estimate of drug-likeness (QED) is 0.797. The van der Waals surface area contributed by atoms with Crippen LogP contribution >= 0.6 is 0 Å². The van der Waals surface area contributed by atoms with Crippen LogP contribution in [0.3, 0.4) is 0 Å². The predicted molar refractivity (Wildman–Crippen MR) is 110 cm³/mol. The summed E-state index contributed by atoms with van der Waals surface area (Å²) in [4.78, 5) is 14.6. The number of amides is 2. The van der Waals surface area contributed by atoms with E-state index in [1.807, 2.05) is 23.4 Å². The van der Waals surface area contributed by atoms with Crippen LogP contribution in [0.25, 0.3) is 0 Å². The lowest BCUT2D eigenvalue weighted by Crippen LogP contribution is -2.44. The first kappa shape index (κ1) is 20.4. The van der Waals surface area contributed by atoms with E-state index in [0.717, 1.165) is 55.8 Å². The number of carbonyl (C=O) groups is 1.